The third kappa shape index (κ3) is 4.11. The van der Waals surface area contributed by atoms with Crippen LogP contribution in [0.5, 0.6) is 5.75 Å². The summed E-state index contributed by atoms with van der Waals surface area (Å²) < 4.78 is 6.06. The van der Waals surface area contributed by atoms with E-state index in [1.165, 1.54) is 4.90 Å². The van der Waals surface area contributed by atoms with Gasteiger partial charge < -0.3 is 15.4 Å². The molecule has 28 heavy (non-hydrogen) atoms. The van der Waals surface area contributed by atoms with Crippen LogP contribution in [0.15, 0.2) is 54.6 Å². The number of carbonyl (C=O) groups excluding carboxylic acids is 1. The fourth-order valence-electron chi connectivity index (χ4n) is 3.02. The summed E-state index contributed by atoms with van der Waals surface area (Å²) in [6, 6.07) is 17.9. The summed E-state index contributed by atoms with van der Waals surface area (Å²) >= 11 is 0. The van der Waals surface area contributed by atoms with Crippen LogP contribution in [0.1, 0.15) is 34.8 Å². The molecule has 3 aromatic rings. The second kappa shape index (κ2) is 8.08. The Morgan fingerprint density at radius 2 is 1.61 bits per heavy atom. The normalized spacial score (nSPS) is 11.7. The number of benzene rings is 2. The number of nitrogen functional groups attached to an aromatic ring is 1. The van der Waals surface area contributed by atoms with E-state index in [4.69, 9.17) is 10.5 Å². The van der Waals surface area contributed by atoms with E-state index in [1.54, 1.807) is 21.0 Å². The van der Waals surface area contributed by atoms with Crippen LogP contribution in [0, 0.1) is 6.92 Å². The molecule has 1 amide bonds. The number of nitrogens with two attached hydrogens (primary N) is 1. The number of nitrogens with zero attached hydrogens (tertiary/aromatic N) is 3. The maximum absolute atomic E-state index is 12.6. The topological polar surface area (TPSA) is 81.3 Å². The van der Waals surface area contributed by atoms with E-state index in [2.05, 4.69) is 22.1 Å². The number of carbonyl (C=O) groups is 1. The van der Waals surface area contributed by atoms with Gasteiger partial charge in [-0.05, 0) is 37.1 Å². The van der Waals surface area contributed by atoms with Gasteiger partial charge >= 0.3 is 0 Å². The van der Waals surface area contributed by atoms with Gasteiger partial charge in [0.2, 0.25) is 5.95 Å². The molecule has 1 unspecified atom stereocenters. The molecule has 1 atom stereocenters. The van der Waals surface area contributed by atoms with Gasteiger partial charge in [-0.3, -0.25) is 4.79 Å². The molecule has 0 saturated carbocycles. The van der Waals surface area contributed by atoms with Crippen LogP contribution < -0.4 is 10.5 Å². The molecule has 0 bridgehead atoms. The lowest BCUT2D eigenvalue weighted by molar-refractivity contribution is 0.0820. The van der Waals surface area contributed by atoms with Crippen molar-refractivity contribution in [2.24, 2.45) is 0 Å². The molecule has 0 saturated heterocycles. The van der Waals surface area contributed by atoms with Crippen molar-refractivity contribution in [1.29, 1.82) is 0 Å². The fourth-order valence-corrected chi connectivity index (χ4v) is 3.02. The molecule has 0 aliphatic carbocycles. The predicted molar refractivity (Wildman–Crippen MR) is 110 cm³/mol. The van der Waals surface area contributed by atoms with E-state index in [-0.39, 0.29) is 11.9 Å². The number of aromatic nitrogens is 2. The van der Waals surface area contributed by atoms with Gasteiger partial charge in [0, 0.05) is 14.1 Å². The lowest BCUT2D eigenvalue weighted by Crippen LogP contribution is -2.27. The maximum Gasteiger partial charge on any atom is 0.257 e. The van der Waals surface area contributed by atoms with Crippen molar-refractivity contribution in [3.8, 4) is 16.9 Å². The third-order valence-corrected chi connectivity index (χ3v) is 4.41. The Morgan fingerprint density at radius 1 is 1.00 bits per heavy atom. The monoisotopic (exact) mass is 376 g/mol. The Morgan fingerprint density at radius 3 is 2.21 bits per heavy atom. The van der Waals surface area contributed by atoms with Crippen LogP contribution in [0.25, 0.3) is 11.1 Å². The number of hydrogen-bond donors (Lipinski definition) is 1. The van der Waals surface area contributed by atoms with Gasteiger partial charge in [-0.25, -0.2) is 9.97 Å². The van der Waals surface area contributed by atoms with E-state index in [0.29, 0.717) is 22.7 Å². The van der Waals surface area contributed by atoms with E-state index in [9.17, 15) is 4.79 Å². The largest absolute Gasteiger partial charge is 0.484 e. The van der Waals surface area contributed by atoms with Crippen LogP contribution in [0.2, 0.25) is 0 Å². The first kappa shape index (κ1) is 19.4. The molecule has 6 heteroatoms. The highest BCUT2D eigenvalue weighted by atomic mass is 16.5. The van der Waals surface area contributed by atoms with Gasteiger partial charge in [-0.1, -0.05) is 42.5 Å². The van der Waals surface area contributed by atoms with Gasteiger partial charge in [0.05, 0.1) is 17.0 Å². The molecule has 1 aromatic heterocycles. The summed E-state index contributed by atoms with van der Waals surface area (Å²) in [6.45, 7) is 3.60. The minimum Gasteiger partial charge on any atom is -0.484 e. The van der Waals surface area contributed by atoms with Crippen molar-refractivity contribution >= 4 is 11.9 Å². The molecule has 2 aromatic carbocycles. The predicted octanol–water partition coefficient (Wildman–Crippen LogP) is 3.88. The highest BCUT2D eigenvalue weighted by Gasteiger charge is 2.24. The zero-order valence-electron chi connectivity index (χ0n) is 16.5. The van der Waals surface area contributed by atoms with E-state index in [1.807, 2.05) is 49.4 Å². The molecule has 6 nitrogen and oxygen atoms in total. The molecule has 0 aliphatic heterocycles. The molecule has 0 fully saturated rings. The molecule has 144 valence electrons. The highest BCUT2D eigenvalue weighted by Crippen LogP contribution is 2.28. The number of anilines is 1. The first-order valence-electron chi connectivity index (χ1n) is 9.04. The number of amides is 1. The van der Waals surface area contributed by atoms with E-state index in [0.717, 1.165) is 11.1 Å². The lowest BCUT2D eigenvalue weighted by atomic mass is 10.1. The second-order valence-electron chi connectivity index (χ2n) is 6.78. The lowest BCUT2D eigenvalue weighted by Gasteiger charge is -2.20. The number of aryl methyl sites for hydroxylation is 1. The average molecular weight is 376 g/mol. The summed E-state index contributed by atoms with van der Waals surface area (Å²) in [4.78, 5) is 22.5. The third-order valence-electron chi connectivity index (χ3n) is 4.41. The molecule has 0 radical (unpaired) electrons. The van der Waals surface area contributed by atoms with Gasteiger partial charge in [0.15, 0.2) is 0 Å². The second-order valence-corrected chi connectivity index (χ2v) is 6.78. The first-order chi connectivity index (χ1) is 13.4. The van der Waals surface area contributed by atoms with Crippen LogP contribution in [-0.4, -0.2) is 34.9 Å². The zero-order chi connectivity index (χ0) is 20.3. The SMILES string of the molecule is Cc1nc(N)nc(C(C)Oc2ccc(-c3ccccc3)cc2)c1C(=O)N(C)C. The summed E-state index contributed by atoms with van der Waals surface area (Å²) in [5.74, 6) is 0.630. The molecular weight excluding hydrogens is 352 g/mol. The highest BCUT2D eigenvalue weighted by molar-refractivity contribution is 5.96. The van der Waals surface area contributed by atoms with Crippen LogP contribution in [-0.2, 0) is 0 Å². The van der Waals surface area contributed by atoms with Crippen molar-refractivity contribution in [1.82, 2.24) is 14.9 Å². The quantitative estimate of drug-likeness (QED) is 0.731. The van der Waals surface area contributed by atoms with Crippen LogP contribution in [0.4, 0.5) is 5.95 Å². The number of hydrogen-bond acceptors (Lipinski definition) is 5. The average Bonchev–Trinajstić information content (AvgIpc) is 2.68. The number of ether oxygens (including phenoxy) is 1. The number of rotatable bonds is 5. The summed E-state index contributed by atoms with van der Waals surface area (Å²) in [5, 5.41) is 0. The summed E-state index contributed by atoms with van der Waals surface area (Å²) in [6.07, 6.45) is -0.467. The molecule has 0 spiro atoms. The molecule has 2 N–H and O–H groups in total. The van der Waals surface area contributed by atoms with Gasteiger partial charge in [-0.2, -0.15) is 0 Å². The Kier molecular flexibility index (Phi) is 5.59. The Balaban J connectivity index is 1.87. The zero-order valence-corrected chi connectivity index (χ0v) is 16.5. The Hall–Kier alpha value is -3.41. The van der Waals surface area contributed by atoms with Crippen molar-refractivity contribution in [3.05, 3.63) is 71.5 Å². The molecule has 3 rings (SSSR count). The van der Waals surface area contributed by atoms with Gasteiger partial charge in [-0.15, -0.1) is 0 Å². The van der Waals surface area contributed by atoms with Gasteiger partial charge in [0.25, 0.3) is 5.91 Å². The van der Waals surface area contributed by atoms with Crippen molar-refractivity contribution in [2.75, 3.05) is 19.8 Å². The smallest absolute Gasteiger partial charge is 0.257 e. The Bertz CT molecular complexity index is 970. The van der Waals surface area contributed by atoms with Gasteiger partial charge in [0.1, 0.15) is 11.9 Å². The molecular formula is C22H24N4O2. The Labute approximate surface area is 165 Å². The summed E-state index contributed by atoms with van der Waals surface area (Å²) in [7, 11) is 3.38. The van der Waals surface area contributed by atoms with E-state index < -0.39 is 6.10 Å². The summed E-state index contributed by atoms with van der Waals surface area (Å²) in [5.41, 5.74) is 9.50. The van der Waals surface area contributed by atoms with E-state index >= 15 is 0 Å². The van der Waals surface area contributed by atoms with Crippen molar-refractivity contribution in [2.45, 2.75) is 20.0 Å². The van der Waals surface area contributed by atoms with Crippen LogP contribution in [0.3, 0.4) is 0 Å². The van der Waals surface area contributed by atoms with Crippen LogP contribution >= 0.6 is 0 Å². The standard InChI is InChI=1S/C22H24N4O2/c1-14-19(21(27)26(3)4)20(25-22(23)24-14)15(2)28-18-12-10-17(11-13-18)16-8-6-5-7-9-16/h5-13,15H,1-4H3,(H2,23,24,25). The molecule has 0 aliphatic rings. The first-order valence-corrected chi connectivity index (χ1v) is 9.04. The molecule has 1 heterocycles. The minimum atomic E-state index is -0.467. The fraction of sp³-hybridized carbons (Fsp3) is 0.227. The van der Waals surface area contributed by atoms with Crippen molar-refractivity contribution < 1.29 is 9.53 Å². The van der Waals surface area contributed by atoms with Crippen molar-refractivity contribution in [3.63, 3.8) is 0 Å². The maximum atomic E-state index is 12.6. The minimum absolute atomic E-state index is 0.123.